The van der Waals surface area contributed by atoms with Gasteiger partial charge in [0.1, 0.15) is 31.7 Å². The summed E-state index contributed by atoms with van der Waals surface area (Å²) in [5, 5.41) is 0. The first-order valence-electron chi connectivity index (χ1n) is 11.7. The average molecular weight is 475 g/mol. The molecular weight excluding hydrogens is 444 g/mol. The van der Waals surface area contributed by atoms with Gasteiger partial charge in [-0.25, -0.2) is 0 Å². The summed E-state index contributed by atoms with van der Waals surface area (Å²) in [7, 11) is 0. The molecule has 182 valence electrons. The van der Waals surface area contributed by atoms with Crippen molar-refractivity contribution in [3.8, 4) is 0 Å². The van der Waals surface area contributed by atoms with Crippen molar-refractivity contribution in [3.05, 3.63) is 120 Å². The van der Waals surface area contributed by atoms with Crippen LogP contribution in [0, 0.1) is 0 Å². The van der Waals surface area contributed by atoms with Crippen LogP contribution in [0.25, 0.3) is 0 Å². The number of carbonyl (C=O) groups excluding carboxylic acids is 1. The van der Waals surface area contributed by atoms with Crippen LogP contribution in [0.5, 0.6) is 0 Å². The summed E-state index contributed by atoms with van der Waals surface area (Å²) in [6.45, 7) is 2.49. The molecule has 0 aliphatic carbocycles. The van der Waals surface area contributed by atoms with Gasteiger partial charge in [-0.2, -0.15) is 0 Å². The Bertz CT molecular complexity index is 1070. The molecule has 35 heavy (non-hydrogen) atoms. The van der Waals surface area contributed by atoms with Crippen LogP contribution in [-0.2, 0) is 48.3 Å². The van der Waals surface area contributed by atoms with Crippen molar-refractivity contribution in [2.45, 2.75) is 45.1 Å². The van der Waals surface area contributed by atoms with Gasteiger partial charge < -0.3 is 23.7 Å². The smallest absolute Gasteiger partial charge is 0.302 e. The van der Waals surface area contributed by atoms with Crippen LogP contribution in [0.15, 0.2) is 103 Å². The Morgan fingerprint density at radius 1 is 0.743 bits per heavy atom. The van der Waals surface area contributed by atoms with E-state index in [1.807, 2.05) is 91.0 Å². The largest absolute Gasteiger partial charge is 0.488 e. The zero-order chi connectivity index (χ0) is 24.3. The van der Waals surface area contributed by atoms with Crippen molar-refractivity contribution in [3.63, 3.8) is 0 Å². The number of ether oxygens (including phenoxy) is 5. The third kappa shape index (κ3) is 7.44. The van der Waals surface area contributed by atoms with Gasteiger partial charge in [-0.3, -0.25) is 4.79 Å². The summed E-state index contributed by atoms with van der Waals surface area (Å²) in [6.07, 6.45) is -0.117. The summed E-state index contributed by atoms with van der Waals surface area (Å²) in [6, 6.07) is 29.7. The number of esters is 1. The first-order chi connectivity index (χ1) is 17.2. The maximum atomic E-state index is 11.5. The molecule has 0 fully saturated rings. The van der Waals surface area contributed by atoms with Crippen LogP contribution in [-0.4, -0.2) is 30.9 Å². The normalized spacial score (nSPS) is 19.3. The molecule has 0 N–H and O–H groups in total. The molecule has 3 aromatic rings. The molecule has 0 unspecified atom stereocenters. The lowest BCUT2D eigenvalue weighted by Crippen LogP contribution is -2.48. The second-order valence-electron chi connectivity index (χ2n) is 8.25. The third-order valence-electron chi connectivity index (χ3n) is 5.56. The average Bonchev–Trinajstić information content (AvgIpc) is 2.90. The van der Waals surface area contributed by atoms with Crippen LogP contribution >= 0.6 is 0 Å². The Labute approximate surface area is 206 Å². The zero-order valence-corrected chi connectivity index (χ0v) is 19.7. The van der Waals surface area contributed by atoms with Crippen LogP contribution in [0.2, 0.25) is 0 Å². The molecule has 0 spiro atoms. The van der Waals surface area contributed by atoms with Crippen molar-refractivity contribution in [2.75, 3.05) is 6.61 Å². The van der Waals surface area contributed by atoms with Gasteiger partial charge in [-0.05, 0) is 16.7 Å². The van der Waals surface area contributed by atoms with Gasteiger partial charge in [-0.1, -0.05) is 91.0 Å². The van der Waals surface area contributed by atoms with Gasteiger partial charge in [0, 0.05) is 6.92 Å². The minimum Gasteiger partial charge on any atom is -0.488 e. The molecular formula is C29H30O6. The van der Waals surface area contributed by atoms with Gasteiger partial charge in [0.05, 0.1) is 13.2 Å². The van der Waals surface area contributed by atoms with E-state index in [2.05, 4.69) is 0 Å². The maximum Gasteiger partial charge on any atom is 0.302 e. The second-order valence-corrected chi connectivity index (χ2v) is 8.25. The summed E-state index contributed by atoms with van der Waals surface area (Å²) in [5.74, 6) is 0.147. The molecule has 3 atom stereocenters. The Kier molecular flexibility index (Phi) is 8.92. The minimum atomic E-state index is -0.561. The topological polar surface area (TPSA) is 63.2 Å². The molecule has 1 heterocycles. The molecule has 0 aromatic heterocycles. The molecule has 0 bridgehead atoms. The maximum absolute atomic E-state index is 11.5. The highest BCUT2D eigenvalue weighted by Crippen LogP contribution is 2.28. The van der Waals surface area contributed by atoms with Crippen molar-refractivity contribution < 1.29 is 28.5 Å². The SMILES string of the molecule is CC(=O)OC[C@H]1OC=C(OCc2ccccc2)[C@@H](OCc2ccccc2)[C@@H]1OCc1ccccc1. The summed E-state index contributed by atoms with van der Waals surface area (Å²) in [5.41, 5.74) is 3.07. The fourth-order valence-electron chi connectivity index (χ4n) is 3.75. The lowest BCUT2D eigenvalue weighted by Gasteiger charge is -2.37. The monoisotopic (exact) mass is 474 g/mol. The third-order valence-corrected chi connectivity index (χ3v) is 5.56. The van der Waals surface area contributed by atoms with Gasteiger partial charge in [0.25, 0.3) is 0 Å². The number of rotatable bonds is 11. The molecule has 0 saturated heterocycles. The van der Waals surface area contributed by atoms with E-state index < -0.39 is 18.3 Å². The van der Waals surface area contributed by atoms with Gasteiger partial charge >= 0.3 is 5.97 Å². The Morgan fingerprint density at radius 3 is 1.80 bits per heavy atom. The fourth-order valence-corrected chi connectivity index (χ4v) is 3.75. The first kappa shape index (κ1) is 24.5. The molecule has 4 rings (SSSR count). The predicted octanol–water partition coefficient (Wildman–Crippen LogP) is 5.18. The number of hydrogen-bond acceptors (Lipinski definition) is 6. The highest BCUT2D eigenvalue weighted by atomic mass is 16.6. The Hall–Kier alpha value is -3.61. The van der Waals surface area contributed by atoms with Crippen LogP contribution in [0.1, 0.15) is 23.6 Å². The zero-order valence-electron chi connectivity index (χ0n) is 19.7. The summed E-state index contributed by atoms with van der Waals surface area (Å²) >= 11 is 0. The van der Waals surface area contributed by atoms with E-state index in [0.717, 1.165) is 16.7 Å². The predicted molar refractivity (Wildman–Crippen MR) is 131 cm³/mol. The van der Waals surface area contributed by atoms with E-state index in [-0.39, 0.29) is 12.6 Å². The van der Waals surface area contributed by atoms with Crippen LogP contribution in [0.4, 0.5) is 0 Å². The van der Waals surface area contributed by atoms with Gasteiger partial charge in [0.2, 0.25) is 0 Å². The highest BCUT2D eigenvalue weighted by Gasteiger charge is 2.40. The van der Waals surface area contributed by atoms with E-state index >= 15 is 0 Å². The number of carbonyl (C=O) groups is 1. The Balaban J connectivity index is 1.55. The van der Waals surface area contributed by atoms with Gasteiger partial charge in [-0.15, -0.1) is 0 Å². The van der Waals surface area contributed by atoms with Crippen molar-refractivity contribution in [1.82, 2.24) is 0 Å². The number of hydrogen-bond donors (Lipinski definition) is 0. The first-order valence-corrected chi connectivity index (χ1v) is 11.7. The van der Waals surface area contributed by atoms with Crippen LogP contribution < -0.4 is 0 Å². The van der Waals surface area contributed by atoms with Crippen LogP contribution in [0.3, 0.4) is 0 Å². The second kappa shape index (κ2) is 12.7. The van der Waals surface area contributed by atoms with Crippen molar-refractivity contribution in [2.24, 2.45) is 0 Å². The van der Waals surface area contributed by atoms with E-state index in [4.69, 9.17) is 23.7 Å². The quantitative estimate of drug-likeness (QED) is 0.357. The van der Waals surface area contributed by atoms with E-state index in [1.54, 1.807) is 6.26 Å². The van der Waals surface area contributed by atoms with E-state index in [1.165, 1.54) is 6.92 Å². The molecule has 0 amide bonds. The standard InChI is InChI=1S/C29H30O6/c1-22(30)31-20-26-28(34-18-24-13-7-3-8-14-24)29(35-19-25-15-9-4-10-16-25)27(21-33-26)32-17-23-11-5-2-6-12-23/h2-16,21,26,28-29H,17-20H2,1H3/t26-,28-,29-/m1/s1. The summed E-state index contributed by atoms with van der Waals surface area (Å²) < 4.78 is 30.1. The van der Waals surface area contributed by atoms with E-state index in [0.29, 0.717) is 25.6 Å². The number of benzene rings is 3. The lowest BCUT2D eigenvalue weighted by atomic mass is 10.0. The Morgan fingerprint density at radius 2 is 1.26 bits per heavy atom. The van der Waals surface area contributed by atoms with Crippen molar-refractivity contribution in [1.29, 1.82) is 0 Å². The summed E-state index contributed by atoms with van der Waals surface area (Å²) in [4.78, 5) is 11.5. The highest BCUT2D eigenvalue weighted by molar-refractivity contribution is 5.65. The van der Waals surface area contributed by atoms with Crippen molar-refractivity contribution >= 4 is 5.97 Å². The molecule has 1 aliphatic rings. The fraction of sp³-hybridized carbons (Fsp3) is 0.276. The minimum absolute atomic E-state index is 0.0441. The molecule has 6 heteroatoms. The molecule has 1 aliphatic heterocycles. The molecule has 0 saturated carbocycles. The molecule has 0 radical (unpaired) electrons. The molecule has 3 aromatic carbocycles. The molecule has 6 nitrogen and oxygen atoms in total. The van der Waals surface area contributed by atoms with Gasteiger partial charge in [0.15, 0.2) is 11.9 Å². The van der Waals surface area contributed by atoms with E-state index in [9.17, 15) is 4.79 Å². The lowest BCUT2D eigenvalue weighted by molar-refractivity contribution is -0.173.